The summed E-state index contributed by atoms with van der Waals surface area (Å²) in [5.41, 5.74) is 5.69. The van der Waals surface area contributed by atoms with Crippen LogP contribution in [-0.2, 0) is 19.7 Å². The van der Waals surface area contributed by atoms with Crippen LogP contribution in [0, 0.1) is 0 Å². The lowest BCUT2D eigenvalue weighted by Gasteiger charge is -2.12. The lowest BCUT2D eigenvalue weighted by Crippen LogP contribution is -2.16. The number of benzene rings is 2. The Morgan fingerprint density at radius 2 is 1.75 bits per heavy atom. The number of ether oxygens (including phenoxy) is 1. The topological polar surface area (TPSA) is 104 Å². The molecule has 0 bridgehead atoms. The van der Waals surface area contributed by atoms with E-state index in [0.29, 0.717) is 24.5 Å². The lowest BCUT2D eigenvalue weighted by molar-refractivity contribution is 0.328. The number of nitrogens with two attached hydrogens (primary N) is 1. The van der Waals surface area contributed by atoms with Crippen LogP contribution in [0.15, 0.2) is 58.3 Å². The van der Waals surface area contributed by atoms with Crippen LogP contribution in [0.3, 0.4) is 0 Å². The van der Waals surface area contributed by atoms with Crippen molar-refractivity contribution in [1.82, 2.24) is 0 Å². The van der Waals surface area contributed by atoms with Crippen molar-refractivity contribution in [3.63, 3.8) is 0 Å². The second kappa shape index (κ2) is 6.19. The van der Waals surface area contributed by atoms with Crippen molar-refractivity contribution in [2.24, 2.45) is 5.73 Å². The van der Waals surface area contributed by atoms with Crippen molar-refractivity contribution in [1.29, 1.82) is 0 Å². The summed E-state index contributed by atoms with van der Waals surface area (Å²) in [6.45, 7) is 0.692. The number of hydrogen-bond donors (Lipinski definition) is 1. The monoisotopic (exact) mass is 367 g/mol. The highest BCUT2D eigenvalue weighted by Crippen LogP contribution is 2.40. The number of sulfone groups is 2. The Morgan fingerprint density at radius 1 is 1.08 bits per heavy atom. The number of fused-ring (bicyclic) bond motifs is 1. The first-order chi connectivity index (χ1) is 11.4. The zero-order valence-electron chi connectivity index (χ0n) is 12.8. The fourth-order valence-corrected chi connectivity index (χ4v) is 7.06. The van der Waals surface area contributed by atoms with Crippen LogP contribution >= 0.6 is 0 Å². The molecule has 1 heterocycles. The Balaban J connectivity index is 1.97. The molecule has 2 aromatic rings. The summed E-state index contributed by atoms with van der Waals surface area (Å²) < 4.78 is 55.5. The van der Waals surface area contributed by atoms with Crippen molar-refractivity contribution < 1.29 is 21.6 Å². The normalized spacial score (nSPS) is 19.0. The van der Waals surface area contributed by atoms with E-state index in [9.17, 15) is 16.8 Å². The van der Waals surface area contributed by atoms with Gasteiger partial charge in [0.15, 0.2) is 19.7 Å². The van der Waals surface area contributed by atoms with Crippen molar-refractivity contribution in [2.75, 3.05) is 18.9 Å². The molecule has 0 saturated carbocycles. The van der Waals surface area contributed by atoms with Crippen LogP contribution < -0.4 is 10.5 Å². The standard InChI is InChI=1S/C16H17NO5S2/c17-9-10-22-12-5-7-13(8-6-12)24(20,21)16-11-23(18,19)15-4-2-1-3-14(15)16/h1-8,16H,9-11,17H2. The first kappa shape index (κ1) is 16.9. The van der Waals surface area contributed by atoms with Crippen LogP contribution in [0.5, 0.6) is 5.75 Å². The molecule has 0 aliphatic carbocycles. The Morgan fingerprint density at radius 3 is 2.42 bits per heavy atom. The molecule has 128 valence electrons. The molecule has 2 N–H and O–H groups in total. The van der Waals surface area contributed by atoms with Crippen molar-refractivity contribution in [3.05, 3.63) is 54.1 Å². The fraction of sp³-hybridized carbons (Fsp3) is 0.250. The zero-order valence-corrected chi connectivity index (χ0v) is 14.4. The minimum absolute atomic E-state index is 0.0690. The predicted octanol–water partition coefficient (Wildman–Crippen LogP) is 1.33. The van der Waals surface area contributed by atoms with Crippen LogP contribution in [0.2, 0.25) is 0 Å². The summed E-state index contributed by atoms with van der Waals surface area (Å²) in [7, 11) is -7.40. The minimum atomic E-state index is -3.82. The van der Waals surface area contributed by atoms with Crippen LogP contribution in [0.25, 0.3) is 0 Å². The zero-order chi connectivity index (χ0) is 17.4. The molecule has 0 amide bonds. The Bertz CT molecular complexity index is 950. The summed E-state index contributed by atoms with van der Waals surface area (Å²) in [5.74, 6) is 0.0824. The predicted molar refractivity (Wildman–Crippen MR) is 89.4 cm³/mol. The van der Waals surface area contributed by atoms with Crippen molar-refractivity contribution >= 4 is 19.7 Å². The molecule has 2 aromatic carbocycles. The molecule has 0 fully saturated rings. The summed E-state index contributed by atoms with van der Waals surface area (Å²) in [4.78, 5) is 0.168. The molecule has 1 atom stereocenters. The van der Waals surface area contributed by atoms with Gasteiger partial charge in [0.05, 0.1) is 15.5 Å². The lowest BCUT2D eigenvalue weighted by atomic mass is 10.2. The highest BCUT2D eigenvalue weighted by molar-refractivity contribution is 7.96. The van der Waals surface area contributed by atoms with Gasteiger partial charge in [-0.25, -0.2) is 16.8 Å². The van der Waals surface area contributed by atoms with Gasteiger partial charge >= 0.3 is 0 Å². The van der Waals surface area contributed by atoms with Gasteiger partial charge in [-0.2, -0.15) is 0 Å². The summed E-state index contributed by atoms with van der Waals surface area (Å²) in [5, 5.41) is -1.09. The van der Waals surface area contributed by atoms with Gasteiger partial charge in [-0.3, -0.25) is 0 Å². The van der Waals surface area contributed by atoms with Gasteiger partial charge in [0.2, 0.25) is 0 Å². The van der Waals surface area contributed by atoms with E-state index in [1.54, 1.807) is 18.2 Å². The molecule has 6 nitrogen and oxygen atoms in total. The summed E-state index contributed by atoms with van der Waals surface area (Å²) >= 11 is 0. The second-order valence-electron chi connectivity index (χ2n) is 5.46. The maximum absolute atomic E-state index is 12.9. The molecular weight excluding hydrogens is 350 g/mol. The molecule has 8 heteroatoms. The quantitative estimate of drug-likeness (QED) is 0.855. The van der Waals surface area contributed by atoms with Gasteiger partial charge in [0.1, 0.15) is 17.6 Å². The van der Waals surface area contributed by atoms with E-state index in [2.05, 4.69) is 0 Å². The molecule has 1 aliphatic rings. The van der Waals surface area contributed by atoms with Crippen molar-refractivity contribution in [3.8, 4) is 5.75 Å². The highest BCUT2D eigenvalue weighted by Gasteiger charge is 2.42. The van der Waals surface area contributed by atoms with E-state index >= 15 is 0 Å². The smallest absolute Gasteiger partial charge is 0.186 e. The van der Waals surface area contributed by atoms with E-state index in [0.717, 1.165) is 0 Å². The molecule has 24 heavy (non-hydrogen) atoms. The number of hydrogen-bond acceptors (Lipinski definition) is 6. The highest BCUT2D eigenvalue weighted by atomic mass is 32.2. The van der Waals surface area contributed by atoms with Gasteiger partial charge in [0.25, 0.3) is 0 Å². The maximum atomic E-state index is 12.9. The van der Waals surface area contributed by atoms with E-state index in [4.69, 9.17) is 10.5 Å². The largest absolute Gasteiger partial charge is 0.492 e. The Labute approximate surface area is 141 Å². The molecule has 0 radical (unpaired) electrons. The van der Waals surface area contributed by atoms with Crippen molar-refractivity contribution in [2.45, 2.75) is 15.0 Å². The molecule has 3 rings (SSSR count). The van der Waals surface area contributed by atoms with Gasteiger partial charge < -0.3 is 10.5 Å². The minimum Gasteiger partial charge on any atom is -0.492 e. The Kier molecular flexibility index (Phi) is 4.37. The number of rotatable bonds is 5. The molecule has 1 aliphatic heterocycles. The Hall–Kier alpha value is -1.90. The molecule has 1 unspecified atom stereocenters. The summed E-state index contributed by atoms with van der Waals surface area (Å²) in [6.07, 6.45) is 0. The van der Waals surface area contributed by atoms with E-state index in [1.807, 2.05) is 0 Å². The van der Waals surface area contributed by atoms with E-state index < -0.39 is 30.7 Å². The first-order valence-electron chi connectivity index (χ1n) is 7.35. The first-order valence-corrected chi connectivity index (χ1v) is 10.5. The maximum Gasteiger partial charge on any atom is 0.186 e. The second-order valence-corrected chi connectivity index (χ2v) is 9.59. The van der Waals surface area contributed by atoms with Crippen LogP contribution in [0.1, 0.15) is 10.8 Å². The van der Waals surface area contributed by atoms with E-state index in [1.165, 1.54) is 30.3 Å². The van der Waals surface area contributed by atoms with Gasteiger partial charge in [-0.15, -0.1) is 0 Å². The molecular formula is C16H17NO5S2. The average Bonchev–Trinajstić information content (AvgIpc) is 2.86. The van der Waals surface area contributed by atoms with Crippen LogP contribution in [0.4, 0.5) is 0 Å². The summed E-state index contributed by atoms with van der Waals surface area (Å²) in [6, 6.07) is 12.2. The van der Waals surface area contributed by atoms with Gasteiger partial charge in [-0.1, -0.05) is 18.2 Å². The average molecular weight is 367 g/mol. The molecule has 0 saturated heterocycles. The van der Waals surface area contributed by atoms with Gasteiger partial charge in [0, 0.05) is 6.54 Å². The van der Waals surface area contributed by atoms with Gasteiger partial charge in [-0.05, 0) is 35.9 Å². The third-order valence-electron chi connectivity index (χ3n) is 3.89. The molecule has 0 spiro atoms. The molecule has 0 aromatic heterocycles. The SMILES string of the molecule is NCCOc1ccc(S(=O)(=O)C2CS(=O)(=O)c3ccccc32)cc1. The van der Waals surface area contributed by atoms with E-state index in [-0.39, 0.29) is 9.79 Å². The third-order valence-corrected chi connectivity index (χ3v) is 8.01. The third kappa shape index (κ3) is 2.92. The fourth-order valence-electron chi connectivity index (χ4n) is 2.73. The van der Waals surface area contributed by atoms with Crippen LogP contribution in [-0.4, -0.2) is 35.7 Å².